The first-order valence-corrected chi connectivity index (χ1v) is 9.76. The van der Waals surface area contributed by atoms with Crippen LogP contribution in [0.1, 0.15) is 60.7 Å². The Morgan fingerprint density at radius 3 is 2.68 bits per heavy atom. The molecule has 1 aliphatic rings. The maximum Gasteiger partial charge on any atom is 0.246 e. The minimum atomic E-state index is -0.356. The summed E-state index contributed by atoms with van der Waals surface area (Å²) in [5, 5.41) is 0.893. The molecule has 0 aliphatic carbocycles. The van der Waals surface area contributed by atoms with Crippen molar-refractivity contribution >= 4 is 22.6 Å². The van der Waals surface area contributed by atoms with Crippen molar-refractivity contribution in [2.45, 2.75) is 52.7 Å². The highest BCUT2D eigenvalue weighted by atomic mass is 16.2. The van der Waals surface area contributed by atoms with E-state index in [1.165, 1.54) is 0 Å². The van der Waals surface area contributed by atoms with Gasteiger partial charge in [-0.2, -0.15) is 0 Å². The third-order valence-electron chi connectivity index (χ3n) is 5.46. The number of amides is 1. The van der Waals surface area contributed by atoms with E-state index in [9.17, 15) is 9.59 Å². The van der Waals surface area contributed by atoms with Gasteiger partial charge in [0, 0.05) is 47.4 Å². The van der Waals surface area contributed by atoms with E-state index in [1.54, 1.807) is 6.92 Å². The first-order valence-electron chi connectivity index (χ1n) is 9.76. The molecule has 6 nitrogen and oxygen atoms in total. The predicted molar refractivity (Wildman–Crippen MR) is 107 cm³/mol. The second-order valence-corrected chi connectivity index (χ2v) is 7.25. The number of ketones is 1. The molecule has 0 N–H and O–H groups in total. The summed E-state index contributed by atoms with van der Waals surface area (Å²) in [6.45, 7) is 6.64. The molecule has 0 saturated heterocycles. The summed E-state index contributed by atoms with van der Waals surface area (Å²) in [6, 6.07) is 7.41. The second kappa shape index (κ2) is 7.19. The lowest BCUT2D eigenvalue weighted by Crippen LogP contribution is -2.33. The Kier molecular flexibility index (Phi) is 4.71. The molecule has 28 heavy (non-hydrogen) atoms. The standard InChI is InChI=1S/C22H24N4O2/c1-4-19(26-12-17(14(3)27)16-8-6-7-9-20(16)26)22(28)25-11-15-10-23-21(5-2)24-18(15)13-25/h6-10,12,19H,4-5,11,13H2,1-3H3/t19-/m1/s1. The van der Waals surface area contributed by atoms with Gasteiger partial charge in [0.1, 0.15) is 11.9 Å². The summed E-state index contributed by atoms with van der Waals surface area (Å²) in [6.07, 6.45) is 5.10. The summed E-state index contributed by atoms with van der Waals surface area (Å²) in [4.78, 5) is 36.3. The van der Waals surface area contributed by atoms with Gasteiger partial charge in [0.25, 0.3) is 0 Å². The molecular weight excluding hydrogens is 352 g/mol. The van der Waals surface area contributed by atoms with Crippen molar-refractivity contribution in [1.29, 1.82) is 0 Å². The first-order chi connectivity index (χ1) is 13.5. The third kappa shape index (κ3) is 2.99. The van der Waals surface area contributed by atoms with Gasteiger partial charge >= 0.3 is 0 Å². The van der Waals surface area contributed by atoms with Gasteiger partial charge in [-0.1, -0.05) is 32.0 Å². The van der Waals surface area contributed by atoms with Crippen molar-refractivity contribution in [2.75, 3.05) is 0 Å². The fourth-order valence-electron chi connectivity index (χ4n) is 3.97. The van der Waals surface area contributed by atoms with E-state index in [0.717, 1.165) is 34.4 Å². The van der Waals surface area contributed by atoms with Crippen LogP contribution in [0.25, 0.3) is 10.9 Å². The first kappa shape index (κ1) is 18.3. The lowest BCUT2D eigenvalue weighted by atomic mass is 10.1. The van der Waals surface area contributed by atoms with Crippen LogP contribution >= 0.6 is 0 Å². The Labute approximate surface area is 164 Å². The van der Waals surface area contributed by atoms with Gasteiger partial charge in [0.05, 0.1) is 12.2 Å². The molecule has 1 aromatic carbocycles. The maximum absolute atomic E-state index is 13.4. The van der Waals surface area contributed by atoms with Crippen LogP contribution in [0.3, 0.4) is 0 Å². The van der Waals surface area contributed by atoms with E-state index in [2.05, 4.69) is 9.97 Å². The highest BCUT2D eigenvalue weighted by Crippen LogP contribution is 2.30. The number of aromatic nitrogens is 3. The van der Waals surface area contributed by atoms with Crippen LogP contribution in [-0.4, -0.2) is 31.1 Å². The molecule has 0 saturated carbocycles. The molecular formula is C22H24N4O2. The minimum absolute atomic E-state index is 0.00759. The third-order valence-corrected chi connectivity index (χ3v) is 5.46. The number of nitrogens with zero attached hydrogens (tertiary/aromatic N) is 4. The molecule has 3 aromatic rings. The number of hydrogen-bond acceptors (Lipinski definition) is 4. The fraction of sp³-hybridized carbons (Fsp3) is 0.364. The van der Waals surface area contributed by atoms with Crippen LogP contribution < -0.4 is 0 Å². The zero-order chi connectivity index (χ0) is 19.8. The normalized spacial score (nSPS) is 14.3. The molecule has 0 bridgehead atoms. The van der Waals surface area contributed by atoms with Crippen molar-refractivity contribution in [2.24, 2.45) is 0 Å². The predicted octanol–water partition coefficient (Wildman–Crippen LogP) is 3.69. The Bertz CT molecular complexity index is 1070. The van der Waals surface area contributed by atoms with Crippen LogP contribution in [0.5, 0.6) is 0 Å². The molecule has 1 amide bonds. The number of rotatable bonds is 5. The highest BCUT2D eigenvalue weighted by Gasteiger charge is 2.31. The topological polar surface area (TPSA) is 68.1 Å². The van der Waals surface area contributed by atoms with Crippen LogP contribution in [-0.2, 0) is 24.3 Å². The van der Waals surface area contributed by atoms with Crippen molar-refractivity contribution in [3.63, 3.8) is 0 Å². The van der Waals surface area contributed by atoms with E-state index in [1.807, 2.05) is 60.0 Å². The van der Waals surface area contributed by atoms with Gasteiger partial charge in [0.2, 0.25) is 5.91 Å². The summed E-state index contributed by atoms with van der Waals surface area (Å²) in [5.74, 6) is 0.866. The Balaban J connectivity index is 1.68. The van der Waals surface area contributed by atoms with E-state index >= 15 is 0 Å². The number of aryl methyl sites for hydroxylation is 1. The fourth-order valence-corrected chi connectivity index (χ4v) is 3.97. The number of carbonyl (C=O) groups excluding carboxylic acids is 2. The van der Waals surface area contributed by atoms with Crippen molar-refractivity contribution in [1.82, 2.24) is 19.4 Å². The number of Topliss-reactive ketones (excluding diaryl/α,β-unsaturated/α-hetero) is 1. The van der Waals surface area contributed by atoms with E-state index in [4.69, 9.17) is 0 Å². The Morgan fingerprint density at radius 1 is 1.18 bits per heavy atom. The number of para-hydroxylation sites is 1. The summed E-state index contributed by atoms with van der Waals surface area (Å²) in [7, 11) is 0. The molecule has 3 heterocycles. The largest absolute Gasteiger partial charge is 0.334 e. The lowest BCUT2D eigenvalue weighted by Gasteiger charge is -2.24. The van der Waals surface area contributed by atoms with Crippen molar-refractivity contribution in [3.8, 4) is 0 Å². The SMILES string of the molecule is CCc1ncc2c(n1)CN(C(=O)[C@@H](CC)n1cc(C(C)=O)c3ccccc31)C2. The van der Waals surface area contributed by atoms with E-state index < -0.39 is 0 Å². The van der Waals surface area contributed by atoms with Crippen LogP contribution in [0.2, 0.25) is 0 Å². The van der Waals surface area contributed by atoms with Gasteiger partial charge in [0.15, 0.2) is 5.78 Å². The molecule has 0 fully saturated rings. The molecule has 0 radical (unpaired) electrons. The zero-order valence-electron chi connectivity index (χ0n) is 16.5. The molecule has 1 aliphatic heterocycles. The molecule has 2 aromatic heterocycles. The zero-order valence-corrected chi connectivity index (χ0v) is 16.5. The monoisotopic (exact) mass is 376 g/mol. The van der Waals surface area contributed by atoms with E-state index in [0.29, 0.717) is 25.1 Å². The number of carbonyl (C=O) groups is 2. The number of benzene rings is 1. The average molecular weight is 376 g/mol. The summed E-state index contributed by atoms with van der Waals surface area (Å²) < 4.78 is 1.96. The highest BCUT2D eigenvalue weighted by molar-refractivity contribution is 6.07. The number of hydrogen-bond donors (Lipinski definition) is 0. The van der Waals surface area contributed by atoms with Gasteiger partial charge in [-0.25, -0.2) is 9.97 Å². The Morgan fingerprint density at radius 2 is 1.96 bits per heavy atom. The molecule has 0 spiro atoms. The van der Waals surface area contributed by atoms with Gasteiger partial charge in [-0.3, -0.25) is 9.59 Å². The van der Waals surface area contributed by atoms with Crippen molar-refractivity contribution < 1.29 is 9.59 Å². The second-order valence-electron chi connectivity index (χ2n) is 7.25. The average Bonchev–Trinajstić information content (AvgIpc) is 3.30. The quantitative estimate of drug-likeness (QED) is 0.637. The van der Waals surface area contributed by atoms with Gasteiger partial charge < -0.3 is 9.47 Å². The smallest absolute Gasteiger partial charge is 0.246 e. The minimum Gasteiger partial charge on any atom is -0.334 e. The van der Waals surface area contributed by atoms with Crippen molar-refractivity contribution in [3.05, 3.63) is 59.3 Å². The van der Waals surface area contributed by atoms with Crippen LogP contribution in [0.15, 0.2) is 36.7 Å². The molecule has 6 heteroatoms. The molecule has 144 valence electrons. The van der Waals surface area contributed by atoms with Crippen LogP contribution in [0.4, 0.5) is 0 Å². The van der Waals surface area contributed by atoms with Gasteiger partial charge in [-0.15, -0.1) is 0 Å². The molecule has 1 atom stereocenters. The van der Waals surface area contributed by atoms with Gasteiger partial charge in [-0.05, 0) is 19.4 Å². The summed E-state index contributed by atoms with van der Waals surface area (Å²) >= 11 is 0. The number of fused-ring (bicyclic) bond motifs is 2. The molecule has 0 unspecified atom stereocenters. The molecule has 4 rings (SSSR count). The van der Waals surface area contributed by atoms with E-state index in [-0.39, 0.29) is 17.7 Å². The lowest BCUT2D eigenvalue weighted by molar-refractivity contribution is -0.135. The summed E-state index contributed by atoms with van der Waals surface area (Å²) in [5.41, 5.74) is 3.53. The van der Waals surface area contributed by atoms with Crippen LogP contribution in [0, 0.1) is 0 Å². The maximum atomic E-state index is 13.4. The Hall–Kier alpha value is -3.02.